The molecule has 1 aromatic rings. The molecule has 19 heavy (non-hydrogen) atoms. The Hall–Kier alpha value is -1.40. The zero-order valence-electron chi connectivity index (χ0n) is 10.6. The molecule has 1 heterocycles. The number of fused-ring (bicyclic) bond motifs is 1. The van der Waals surface area contributed by atoms with Crippen molar-refractivity contribution in [2.75, 3.05) is 12.9 Å². The average molecular weight is 285 g/mol. The van der Waals surface area contributed by atoms with Gasteiger partial charge in [0.1, 0.15) is 5.82 Å². The smallest absolute Gasteiger partial charge is 0.264 e. The third kappa shape index (κ3) is 4.04. The van der Waals surface area contributed by atoms with E-state index in [4.69, 9.17) is 0 Å². The van der Waals surface area contributed by atoms with Crippen molar-refractivity contribution < 1.29 is 17.0 Å². The molecular formula is C13H16FNO3S. The van der Waals surface area contributed by atoms with Gasteiger partial charge in [0, 0.05) is 17.8 Å². The molecule has 0 fully saturated rings. The van der Waals surface area contributed by atoms with Gasteiger partial charge in [0.25, 0.3) is 10.1 Å². The van der Waals surface area contributed by atoms with Crippen LogP contribution in [0.5, 0.6) is 0 Å². The van der Waals surface area contributed by atoms with Crippen LogP contribution in [0, 0.1) is 5.82 Å². The first kappa shape index (κ1) is 14.0. The van der Waals surface area contributed by atoms with E-state index in [-0.39, 0.29) is 12.4 Å². The third-order valence-electron chi connectivity index (χ3n) is 2.86. The maximum atomic E-state index is 13.5. The normalized spacial score (nSPS) is 14.5. The highest BCUT2D eigenvalue weighted by Crippen LogP contribution is 2.22. The second kappa shape index (κ2) is 5.71. The molecule has 4 nitrogen and oxygen atoms in total. The maximum Gasteiger partial charge on any atom is 0.264 e. The monoisotopic (exact) mass is 285 g/mol. The van der Waals surface area contributed by atoms with Gasteiger partial charge in [0.2, 0.25) is 0 Å². The van der Waals surface area contributed by atoms with Gasteiger partial charge in [-0.25, -0.2) is 4.39 Å². The SMILES string of the molecule is CS(=O)(=O)OCCCC1=Cc2cccc(F)c2CN1. The molecule has 0 bridgehead atoms. The van der Waals surface area contributed by atoms with E-state index in [9.17, 15) is 12.8 Å². The highest BCUT2D eigenvalue weighted by atomic mass is 32.2. The number of hydrogen-bond acceptors (Lipinski definition) is 4. The van der Waals surface area contributed by atoms with E-state index in [2.05, 4.69) is 9.50 Å². The first-order chi connectivity index (χ1) is 8.96. The van der Waals surface area contributed by atoms with Crippen LogP contribution in [0.25, 0.3) is 6.08 Å². The zero-order valence-corrected chi connectivity index (χ0v) is 11.5. The Morgan fingerprint density at radius 2 is 2.21 bits per heavy atom. The molecular weight excluding hydrogens is 269 g/mol. The summed E-state index contributed by atoms with van der Waals surface area (Å²) in [5.41, 5.74) is 2.51. The molecule has 1 aliphatic rings. The fraction of sp³-hybridized carbons (Fsp3) is 0.385. The lowest BCUT2D eigenvalue weighted by Gasteiger charge is -2.19. The van der Waals surface area contributed by atoms with Gasteiger partial charge in [-0.05, 0) is 30.5 Å². The van der Waals surface area contributed by atoms with Gasteiger partial charge in [-0.1, -0.05) is 12.1 Å². The van der Waals surface area contributed by atoms with Crippen molar-refractivity contribution in [2.45, 2.75) is 19.4 Å². The molecule has 1 aromatic carbocycles. The second-order valence-corrected chi connectivity index (χ2v) is 6.10. The second-order valence-electron chi connectivity index (χ2n) is 4.46. The predicted octanol–water partition coefficient (Wildman–Crippen LogP) is 2.03. The highest BCUT2D eigenvalue weighted by molar-refractivity contribution is 7.85. The van der Waals surface area contributed by atoms with Crippen LogP contribution in [0.3, 0.4) is 0 Å². The Morgan fingerprint density at radius 3 is 2.95 bits per heavy atom. The molecule has 0 radical (unpaired) electrons. The van der Waals surface area contributed by atoms with E-state index in [1.807, 2.05) is 12.1 Å². The van der Waals surface area contributed by atoms with Gasteiger partial charge >= 0.3 is 0 Å². The van der Waals surface area contributed by atoms with Gasteiger partial charge in [-0.2, -0.15) is 8.42 Å². The van der Waals surface area contributed by atoms with E-state index in [0.717, 1.165) is 17.5 Å². The largest absolute Gasteiger partial charge is 0.384 e. The summed E-state index contributed by atoms with van der Waals surface area (Å²) in [6, 6.07) is 4.99. The molecule has 104 valence electrons. The van der Waals surface area contributed by atoms with Crippen LogP contribution in [-0.4, -0.2) is 21.3 Å². The van der Waals surface area contributed by atoms with Gasteiger partial charge in [0.05, 0.1) is 12.9 Å². The molecule has 0 unspecified atom stereocenters. The molecule has 0 aliphatic carbocycles. The lowest BCUT2D eigenvalue weighted by molar-refractivity contribution is 0.314. The van der Waals surface area contributed by atoms with Crippen molar-refractivity contribution >= 4 is 16.2 Å². The van der Waals surface area contributed by atoms with Crippen molar-refractivity contribution in [3.8, 4) is 0 Å². The van der Waals surface area contributed by atoms with Gasteiger partial charge in [-0.15, -0.1) is 0 Å². The summed E-state index contributed by atoms with van der Waals surface area (Å²) in [5.74, 6) is -0.208. The van der Waals surface area contributed by atoms with E-state index < -0.39 is 10.1 Å². The third-order valence-corrected chi connectivity index (χ3v) is 3.46. The highest BCUT2D eigenvalue weighted by Gasteiger charge is 2.13. The van der Waals surface area contributed by atoms with Gasteiger partial charge in [-0.3, -0.25) is 4.18 Å². The molecule has 1 aliphatic heterocycles. The average Bonchev–Trinajstić information content (AvgIpc) is 2.34. The summed E-state index contributed by atoms with van der Waals surface area (Å²) in [6.45, 7) is 0.620. The molecule has 2 rings (SSSR count). The summed E-state index contributed by atoms with van der Waals surface area (Å²) in [6.07, 6.45) is 4.19. The zero-order chi connectivity index (χ0) is 13.9. The van der Waals surface area contributed by atoms with Crippen molar-refractivity contribution in [3.63, 3.8) is 0 Å². The Morgan fingerprint density at radius 1 is 1.42 bits per heavy atom. The minimum absolute atomic E-state index is 0.161. The summed E-state index contributed by atoms with van der Waals surface area (Å²) >= 11 is 0. The molecule has 0 atom stereocenters. The number of benzene rings is 1. The molecule has 6 heteroatoms. The summed E-state index contributed by atoms with van der Waals surface area (Å²) in [4.78, 5) is 0. The minimum atomic E-state index is -3.37. The number of rotatable bonds is 5. The number of nitrogens with one attached hydrogen (secondary N) is 1. The lowest BCUT2D eigenvalue weighted by Crippen LogP contribution is -2.19. The topological polar surface area (TPSA) is 55.4 Å². The number of halogens is 1. The first-order valence-corrected chi connectivity index (χ1v) is 7.83. The molecule has 1 N–H and O–H groups in total. The first-order valence-electron chi connectivity index (χ1n) is 6.02. The Balaban J connectivity index is 1.93. The summed E-state index contributed by atoms with van der Waals surface area (Å²) < 4.78 is 39.7. The van der Waals surface area contributed by atoms with Crippen LogP contribution in [0.1, 0.15) is 24.0 Å². The molecule has 0 spiro atoms. The number of allylic oxidation sites excluding steroid dienone is 1. The molecule has 0 saturated heterocycles. The van der Waals surface area contributed by atoms with Crippen LogP contribution >= 0.6 is 0 Å². The van der Waals surface area contributed by atoms with Gasteiger partial charge < -0.3 is 5.32 Å². The minimum Gasteiger partial charge on any atom is -0.384 e. The van der Waals surface area contributed by atoms with Crippen LogP contribution in [-0.2, 0) is 20.8 Å². The quantitative estimate of drug-likeness (QED) is 0.664. The standard InChI is InChI=1S/C13H16FNO3S/c1-19(16,17)18-7-3-5-11-8-10-4-2-6-13(14)12(10)9-15-11/h2,4,6,8,15H,3,5,7,9H2,1H3. The lowest BCUT2D eigenvalue weighted by atomic mass is 10.0. The van der Waals surface area contributed by atoms with Crippen LogP contribution in [0.4, 0.5) is 4.39 Å². The van der Waals surface area contributed by atoms with Crippen LogP contribution in [0.2, 0.25) is 0 Å². The maximum absolute atomic E-state index is 13.5. The van der Waals surface area contributed by atoms with Crippen molar-refractivity contribution in [3.05, 3.63) is 40.8 Å². The Kier molecular flexibility index (Phi) is 4.21. The number of hydrogen-bond donors (Lipinski definition) is 1. The van der Waals surface area contributed by atoms with E-state index >= 15 is 0 Å². The van der Waals surface area contributed by atoms with Crippen LogP contribution < -0.4 is 5.32 Å². The molecule has 0 amide bonds. The molecule has 0 aromatic heterocycles. The Bertz CT molecular complexity index is 596. The summed E-state index contributed by atoms with van der Waals surface area (Å²) in [7, 11) is -3.37. The van der Waals surface area contributed by atoms with E-state index in [1.54, 1.807) is 6.07 Å². The summed E-state index contributed by atoms with van der Waals surface area (Å²) in [5, 5.41) is 3.13. The van der Waals surface area contributed by atoms with E-state index in [0.29, 0.717) is 24.9 Å². The molecule has 0 saturated carbocycles. The fourth-order valence-corrected chi connectivity index (χ4v) is 2.39. The van der Waals surface area contributed by atoms with Gasteiger partial charge in [0.15, 0.2) is 0 Å². The van der Waals surface area contributed by atoms with Crippen LogP contribution in [0.15, 0.2) is 23.9 Å². The fourth-order valence-electron chi connectivity index (χ4n) is 1.97. The van der Waals surface area contributed by atoms with E-state index in [1.165, 1.54) is 6.07 Å². The Labute approximate surface area is 112 Å². The van der Waals surface area contributed by atoms with Crippen molar-refractivity contribution in [2.24, 2.45) is 0 Å². The van der Waals surface area contributed by atoms with Crippen molar-refractivity contribution in [1.29, 1.82) is 0 Å². The van der Waals surface area contributed by atoms with Crippen molar-refractivity contribution in [1.82, 2.24) is 5.32 Å². The predicted molar refractivity (Wildman–Crippen MR) is 71.2 cm³/mol.